The molecule has 0 aliphatic heterocycles. The molecule has 0 radical (unpaired) electrons. The van der Waals surface area contributed by atoms with Gasteiger partial charge < -0.3 is 11.1 Å². The van der Waals surface area contributed by atoms with Crippen molar-refractivity contribution in [3.8, 4) is 0 Å². The van der Waals surface area contributed by atoms with Gasteiger partial charge in [-0.3, -0.25) is 4.79 Å². The van der Waals surface area contributed by atoms with E-state index in [1.807, 2.05) is 54.6 Å². The Balaban J connectivity index is 1.77. The van der Waals surface area contributed by atoms with Crippen molar-refractivity contribution in [2.75, 3.05) is 0 Å². The number of carbonyl (C=O) groups is 1. The number of benzene rings is 2. The fourth-order valence-electron chi connectivity index (χ4n) is 2.07. The van der Waals surface area contributed by atoms with E-state index in [-0.39, 0.29) is 5.91 Å². The summed E-state index contributed by atoms with van der Waals surface area (Å²) >= 11 is 3.41. The molecule has 0 saturated heterocycles. The number of carbonyl (C=O) groups excluding carboxylic acids is 1. The lowest BCUT2D eigenvalue weighted by Crippen LogP contribution is -2.40. The Bertz CT molecular complexity index is 586. The number of aryl methyl sites for hydroxylation is 1. The largest absolute Gasteiger partial charge is 0.351 e. The molecular formula is C17H19BrN2O. The summed E-state index contributed by atoms with van der Waals surface area (Å²) in [5, 5.41) is 2.88. The Morgan fingerprint density at radius 1 is 1.10 bits per heavy atom. The Morgan fingerprint density at radius 2 is 1.81 bits per heavy atom. The van der Waals surface area contributed by atoms with Crippen LogP contribution in [-0.4, -0.2) is 11.9 Å². The normalized spacial score (nSPS) is 11.9. The zero-order valence-corrected chi connectivity index (χ0v) is 13.3. The molecule has 3 N–H and O–H groups in total. The number of halogens is 1. The van der Waals surface area contributed by atoms with Crippen LogP contribution < -0.4 is 11.1 Å². The first-order chi connectivity index (χ1) is 10.1. The molecule has 2 aromatic carbocycles. The quantitative estimate of drug-likeness (QED) is 0.844. The highest BCUT2D eigenvalue weighted by atomic mass is 79.9. The summed E-state index contributed by atoms with van der Waals surface area (Å²) < 4.78 is 1.00. The minimum atomic E-state index is -0.475. The van der Waals surface area contributed by atoms with Gasteiger partial charge in [-0.25, -0.2) is 0 Å². The van der Waals surface area contributed by atoms with Crippen LogP contribution in [0.4, 0.5) is 0 Å². The molecule has 2 rings (SSSR count). The Hall–Kier alpha value is -1.65. The van der Waals surface area contributed by atoms with Crippen molar-refractivity contribution in [2.45, 2.75) is 25.4 Å². The van der Waals surface area contributed by atoms with E-state index >= 15 is 0 Å². The predicted molar refractivity (Wildman–Crippen MR) is 88.7 cm³/mol. The lowest BCUT2D eigenvalue weighted by atomic mass is 10.1. The number of rotatable bonds is 6. The molecular weight excluding hydrogens is 328 g/mol. The molecule has 1 unspecified atom stereocenters. The van der Waals surface area contributed by atoms with E-state index in [9.17, 15) is 4.79 Å². The molecule has 110 valence electrons. The van der Waals surface area contributed by atoms with Crippen LogP contribution >= 0.6 is 15.9 Å². The minimum Gasteiger partial charge on any atom is -0.351 e. The van der Waals surface area contributed by atoms with Crippen LogP contribution in [0.25, 0.3) is 0 Å². The third kappa shape index (κ3) is 5.33. The zero-order valence-electron chi connectivity index (χ0n) is 11.8. The SMILES string of the molecule is NC(CCc1ccccc1)C(=O)NCc1cccc(Br)c1. The first kappa shape index (κ1) is 15.7. The number of hydrogen-bond donors (Lipinski definition) is 2. The van der Waals surface area contributed by atoms with Crippen LogP contribution in [0.2, 0.25) is 0 Å². The Morgan fingerprint density at radius 3 is 2.52 bits per heavy atom. The average molecular weight is 347 g/mol. The maximum atomic E-state index is 12.0. The molecule has 0 heterocycles. The molecule has 0 aliphatic rings. The van der Waals surface area contributed by atoms with Gasteiger partial charge in [0.25, 0.3) is 0 Å². The van der Waals surface area contributed by atoms with Crippen LogP contribution in [0.15, 0.2) is 59.1 Å². The highest BCUT2D eigenvalue weighted by molar-refractivity contribution is 9.10. The predicted octanol–water partition coefficient (Wildman–Crippen LogP) is 3.03. The van der Waals surface area contributed by atoms with Gasteiger partial charge in [-0.05, 0) is 36.1 Å². The second-order valence-electron chi connectivity index (χ2n) is 4.98. The van der Waals surface area contributed by atoms with Crippen molar-refractivity contribution >= 4 is 21.8 Å². The molecule has 2 aromatic rings. The minimum absolute atomic E-state index is 0.106. The fraction of sp³-hybridized carbons (Fsp3) is 0.235. The van der Waals surface area contributed by atoms with Crippen molar-refractivity contribution in [3.63, 3.8) is 0 Å². The number of nitrogens with two attached hydrogens (primary N) is 1. The molecule has 1 atom stereocenters. The van der Waals surface area contributed by atoms with Crippen molar-refractivity contribution in [1.29, 1.82) is 0 Å². The van der Waals surface area contributed by atoms with Crippen LogP contribution in [0.1, 0.15) is 17.5 Å². The third-order valence-electron chi connectivity index (χ3n) is 3.28. The molecule has 3 nitrogen and oxygen atoms in total. The number of hydrogen-bond acceptors (Lipinski definition) is 2. The van der Waals surface area contributed by atoms with Crippen molar-refractivity contribution in [2.24, 2.45) is 5.73 Å². The smallest absolute Gasteiger partial charge is 0.237 e. The second-order valence-corrected chi connectivity index (χ2v) is 5.89. The summed E-state index contributed by atoms with van der Waals surface area (Å²) in [4.78, 5) is 12.0. The van der Waals surface area contributed by atoms with Crippen LogP contribution in [0, 0.1) is 0 Å². The van der Waals surface area contributed by atoms with E-state index in [1.54, 1.807) is 0 Å². The molecule has 0 aliphatic carbocycles. The van der Waals surface area contributed by atoms with Gasteiger partial charge in [0.15, 0.2) is 0 Å². The molecule has 0 aromatic heterocycles. The fourth-order valence-corrected chi connectivity index (χ4v) is 2.51. The van der Waals surface area contributed by atoms with E-state index in [2.05, 4.69) is 21.2 Å². The van der Waals surface area contributed by atoms with E-state index in [4.69, 9.17) is 5.73 Å². The van der Waals surface area contributed by atoms with Crippen LogP contribution in [0.5, 0.6) is 0 Å². The van der Waals surface area contributed by atoms with Crippen molar-refractivity contribution in [3.05, 3.63) is 70.2 Å². The Labute approximate surface area is 133 Å². The van der Waals surface area contributed by atoms with Gasteiger partial charge in [0.2, 0.25) is 5.91 Å². The van der Waals surface area contributed by atoms with Gasteiger partial charge in [0.1, 0.15) is 0 Å². The third-order valence-corrected chi connectivity index (χ3v) is 3.77. The van der Waals surface area contributed by atoms with Gasteiger partial charge >= 0.3 is 0 Å². The van der Waals surface area contributed by atoms with Crippen LogP contribution in [0.3, 0.4) is 0 Å². The summed E-state index contributed by atoms with van der Waals surface area (Å²) in [7, 11) is 0. The monoisotopic (exact) mass is 346 g/mol. The molecule has 21 heavy (non-hydrogen) atoms. The molecule has 0 saturated carbocycles. The van der Waals surface area contributed by atoms with Gasteiger partial charge in [-0.15, -0.1) is 0 Å². The first-order valence-corrected chi connectivity index (χ1v) is 7.76. The molecule has 1 amide bonds. The summed E-state index contributed by atoms with van der Waals surface area (Å²) in [6, 6.07) is 17.4. The summed E-state index contributed by atoms with van der Waals surface area (Å²) in [6.45, 7) is 0.497. The topological polar surface area (TPSA) is 55.1 Å². The van der Waals surface area contributed by atoms with Gasteiger partial charge in [0.05, 0.1) is 6.04 Å². The first-order valence-electron chi connectivity index (χ1n) is 6.97. The number of amides is 1. The molecule has 4 heteroatoms. The maximum Gasteiger partial charge on any atom is 0.237 e. The van der Waals surface area contributed by atoms with E-state index in [0.29, 0.717) is 13.0 Å². The molecule has 0 fully saturated rings. The summed E-state index contributed by atoms with van der Waals surface area (Å²) in [5.41, 5.74) is 8.19. The van der Waals surface area contributed by atoms with E-state index < -0.39 is 6.04 Å². The number of nitrogens with one attached hydrogen (secondary N) is 1. The lowest BCUT2D eigenvalue weighted by Gasteiger charge is -2.12. The zero-order chi connectivity index (χ0) is 15.1. The highest BCUT2D eigenvalue weighted by Crippen LogP contribution is 2.11. The summed E-state index contributed by atoms with van der Waals surface area (Å²) in [5.74, 6) is -0.106. The summed E-state index contributed by atoms with van der Waals surface area (Å²) in [6.07, 6.45) is 1.46. The van der Waals surface area contributed by atoms with Gasteiger partial charge in [0, 0.05) is 11.0 Å². The molecule has 0 spiro atoms. The van der Waals surface area contributed by atoms with Crippen LogP contribution in [-0.2, 0) is 17.8 Å². The van der Waals surface area contributed by atoms with Gasteiger partial charge in [-0.1, -0.05) is 58.4 Å². The average Bonchev–Trinajstić information content (AvgIpc) is 2.51. The van der Waals surface area contributed by atoms with Crippen molar-refractivity contribution in [1.82, 2.24) is 5.32 Å². The standard InChI is InChI=1S/C17H19BrN2O/c18-15-8-4-7-14(11-15)12-20-17(21)16(19)10-9-13-5-2-1-3-6-13/h1-8,11,16H,9-10,12,19H2,(H,20,21). The maximum absolute atomic E-state index is 12.0. The Kier molecular flexibility index (Phi) is 5.96. The van der Waals surface area contributed by atoms with Gasteiger partial charge in [-0.2, -0.15) is 0 Å². The van der Waals surface area contributed by atoms with E-state index in [1.165, 1.54) is 5.56 Å². The lowest BCUT2D eigenvalue weighted by molar-refractivity contribution is -0.122. The van der Waals surface area contributed by atoms with E-state index in [0.717, 1.165) is 16.5 Å². The van der Waals surface area contributed by atoms with Crippen molar-refractivity contribution < 1.29 is 4.79 Å². The highest BCUT2D eigenvalue weighted by Gasteiger charge is 2.12. The molecule has 0 bridgehead atoms. The second kappa shape index (κ2) is 7.96.